The monoisotopic (exact) mass is 323 g/mol. The molecule has 1 aromatic carbocycles. The van der Waals surface area contributed by atoms with Crippen LogP contribution in [0.15, 0.2) is 24.3 Å². The maximum atomic E-state index is 11.8. The van der Waals surface area contributed by atoms with E-state index in [9.17, 15) is 9.59 Å². The Labute approximate surface area is 136 Å². The number of anilines is 2. The van der Waals surface area contributed by atoms with Crippen molar-refractivity contribution < 1.29 is 9.59 Å². The molecule has 3 N–H and O–H groups in total. The van der Waals surface area contributed by atoms with E-state index in [0.29, 0.717) is 12.2 Å². The second kappa shape index (κ2) is 11.9. The van der Waals surface area contributed by atoms with Crippen LogP contribution in [0.5, 0.6) is 0 Å². The zero-order chi connectivity index (χ0) is 16.0. The number of carbonyl (C=O) groups is 2. The number of thioether (sulfide) groups is 1. The third kappa shape index (κ3) is 8.56. The smallest absolute Gasteiger partial charge is 0.234 e. The fraction of sp³-hybridized carbons (Fsp3) is 0.500. The standard InChI is InChI=1S/C16H25N3O2S/c1-2-3-4-5-6-11-22-12-16(21)18-14-7-9-15(10-8-14)19-17-13-20/h7-10,13,19H,2-6,11-12H2,1H3,(H,17,20)(H,18,21). The summed E-state index contributed by atoms with van der Waals surface area (Å²) in [5, 5.41) is 2.86. The van der Waals surface area contributed by atoms with Gasteiger partial charge in [0.15, 0.2) is 0 Å². The molecule has 22 heavy (non-hydrogen) atoms. The zero-order valence-corrected chi connectivity index (χ0v) is 13.9. The van der Waals surface area contributed by atoms with Gasteiger partial charge in [0.25, 0.3) is 0 Å². The summed E-state index contributed by atoms with van der Waals surface area (Å²) in [6.07, 6.45) is 6.86. The van der Waals surface area contributed by atoms with E-state index in [1.54, 1.807) is 36.0 Å². The van der Waals surface area contributed by atoms with Crippen molar-refractivity contribution in [3.8, 4) is 0 Å². The van der Waals surface area contributed by atoms with Gasteiger partial charge in [-0.1, -0.05) is 32.6 Å². The number of amides is 2. The largest absolute Gasteiger partial charge is 0.325 e. The number of hydrogen-bond acceptors (Lipinski definition) is 4. The molecule has 0 unspecified atom stereocenters. The molecule has 5 nitrogen and oxygen atoms in total. The highest BCUT2D eigenvalue weighted by Crippen LogP contribution is 2.14. The van der Waals surface area contributed by atoms with Gasteiger partial charge >= 0.3 is 0 Å². The van der Waals surface area contributed by atoms with Crippen LogP contribution in [-0.4, -0.2) is 23.8 Å². The van der Waals surface area contributed by atoms with Crippen molar-refractivity contribution >= 4 is 35.5 Å². The van der Waals surface area contributed by atoms with Gasteiger partial charge in [0.05, 0.1) is 11.4 Å². The first-order valence-electron chi connectivity index (χ1n) is 7.69. The summed E-state index contributed by atoms with van der Waals surface area (Å²) in [5.74, 6) is 1.54. The molecule has 6 heteroatoms. The topological polar surface area (TPSA) is 70.2 Å². The van der Waals surface area contributed by atoms with Crippen molar-refractivity contribution in [3.05, 3.63) is 24.3 Å². The number of hydrazine groups is 1. The molecular weight excluding hydrogens is 298 g/mol. The van der Waals surface area contributed by atoms with E-state index in [1.807, 2.05) is 0 Å². The van der Waals surface area contributed by atoms with Crippen LogP contribution in [0.4, 0.5) is 11.4 Å². The minimum absolute atomic E-state index is 0.0188. The summed E-state index contributed by atoms with van der Waals surface area (Å²) in [7, 11) is 0. The lowest BCUT2D eigenvalue weighted by atomic mass is 10.2. The van der Waals surface area contributed by atoms with Gasteiger partial charge in [-0.15, -0.1) is 0 Å². The van der Waals surface area contributed by atoms with Crippen LogP contribution in [0, 0.1) is 0 Å². The highest BCUT2D eigenvalue weighted by Gasteiger charge is 2.02. The summed E-state index contributed by atoms with van der Waals surface area (Å²) in [6, 6.07) is 7.16. The summed E-state index contributed by atoms with van der Waals surface area (Å²) in [5.41, 5.74) is 6.57. The molecule has 0 heterocycles. The Balaban J connectivity index is 2.15. The lowest BCUT2D eigenvalue weighted by molar-refractivity contribution is -0.113. The van der Waals surface area contributed by atoms with Crippen molar-refractivity contribution in [3.63, 3.8) is 0 Å². The molecule has 2 amide bonds. The molecule has 0 spiro atoms. The third-order valence-electron chi connectivity index (χ3n) is 3.07. The summed E-state index contributed by atoms with van der Waals surface area (Å²) in [4.78, 5) is 22.0. The van der Waals surface area contributed by atoms with Crippen molar-refractivity contribution in [2.45, 2.75) is 39.0 Å². The van der Waals surface area contributed by atoms with Crippen LogP contribution >= 0.6 is 11.8 Å². The van der Waals surface area contributed by atoms with Gasteiger partial charge in [0.1, 0.15) is 0 Å². The first kappa shape index (κ1) is 18.4. The Bertz CT molecular complexity index is 438. The molecule has 122 valence electrons. The summed E-state index contributed by atoms with van der Waals surface area (Å²) >= 11 is 1.68. The Kier molecular flexibility index (Phi) is 9.94. The average molecular weight is 323 g/mol. The number of rotatable bonds is 12. The molecule has 1 aromatic rings. The minimum Gasteiger partial charge on any atom is -0.325 e. The first-order chi connectivity index (χ1) is 10.8. The quantitative estimate of drug-likeness (QED) is 0.313. The average Bonchev–Trinajstić information content (AvgIpc) is 2.53. The van der Waals surface area contributed by atoms with E-state index in [4.69, 9.17) is 0 Å². The second-order valence-corrected chi connectivity index (χ2v) is 6.08. The maximum absolute atomic E-state index is 11.8. The van der Waals surface area contributed by atoms with E-state index in [2.05, 4.69) is 23.1 Å². The van der Waals surface area contributed by atoms with E-state index in [1.165, 1.54) is 32.1 Å². The molecule has 0 aromatic heterocycles. The Morgan fingerprint density at radius 1 is 1.09 bits per heavy atom. The van der Waals surface area contributed by atoms with Gasteiger partial charge in [0.2, 0.25) is 12.3 Å². The van der Waals surface area contributed by atoms with Gasteiger partial charge in [-0.05, 0) is 36.4 Å². The predicted molar refractivity (Wildman–Crippen MR) is 94.0 cm³/mol. The fourth-order valence-corrected chi connectivity index (χ4v) is 2.73. The molecule has 0 saturated carbocycles. The maximum Gasteiger partial charge on any atom is 0.234 e. The predicted octanol–water partition coefficient (Wildman–Crippen LogP) is 3.40. The number of hydrogen-bond donors (Lipinski definition) is 3. The Hall–Kier alpha value is -1.69. The van der Waals surface area contributed by atoms with Crippen molar-refractivity contribution in [2.24, 2.45) is 0 Å². The molecule has 1 rings (SSSR count). The minimum atomic E-state index is 0.0188. The fourth-order valence-electron chi connectivity index (χ4n) is 1.92. The highest BCUT2D eigenvalue weighted by atomic mass is 32.2. The van der Waals surface area contributed by atoms with Crippen LogP contribution in [0.1, 0.15) is 39.0 Å². The Morgan fingerprint density at radius 2 is 1.77 bits per heavy atom. The van der Waals surface area contributed by atoms with Crippen LogP contribution in [0.25, 0.3) is 0 Å². The molecule has 0 aliphatic carbocycles. The van der Waals surface area contributed by atoms with E-state index >= 15 is 0 Å². The van der Waals surface area contributed by atoms with Crippen molar-refractivity contribution in [1.29, 1.82) is 0 Å². The number of nitrogens with one attached hydrogen (secondary N) is 3. The van der Waals surface area contributed by atoms with Crippen molar-refractivity contribution in [1.82, 2.24) is 5.43 Å². The molecule has 0 bridgehead atoms. The molecule has 0 radical (unpaired) electrons. The van der Waals surface area contributed by atoms with E-state index in [-0.39, 0.29) is 5.91 Å². The first-order valence-corrected chi connectivity index (χ1v) is 8.84. The lowest BCUT2D eigenvalue weighted by Gasteiger charge is -2.07. The molecular formula is C16H25N3O2S. The van der Waals surface area contributed by atoms with Crippen LogP contribution in [-0.2, 0) is 9.59 Å². The molecule has 0 fully saturated rings. The molecule has 0 atom stereocenters. The Morgan fingerprint density at radius 3 is 2.45 bits per heavy atom. The van der Waals surface area contributed by atoms with Crippen LogP contribution < -0.4 is 16.2 Å². The molecule has 0 aliphatic rings. The number of unbranched alkanes of at least 4 members (excludes halogenated alkanes) is 4. The highest BCUT2D eigenvalue weighted by molar-refractivity contribution is 7.99. The van der Waals surface area contributed by atoms with E-state index in [0.717, 1.165) is 17.1 Å². The van der Waals surface area contributed by atoms with E-state index < -0.39 is 0 Å². The number of carbonyl (C=O) groups excluding carboxylic acids is 2. The molecule has 0 saturated heterocycles. The second-order valence-electron chi connectivity index (χ2n) is 4.98. The SMILES string of the molecule is CCCCCCCSCC(=O)Nc1ccc(NNC=O)cc1. The van der Waals surface area contributed by atoms with Crippen LogP contribution in [0.3, 0.4) is 0 Å². The van der Waals surface area contributed by atoms with Gasteiger partial charge in [-0.2, -0.15) is 11.8 Å². The zero-order valence-electron chi connectivity index (χ0n) is 13.1. The van der Waals surface area contributed by atoms with Gasteiger partial charge < -0.3 is 5.32 Å². The van der Waals surface area contributed by atoms with Gasteiger partial charge in [-0.3, -0.25) is 20.4 Å². The molecule has 0 aliphatic heterocycles. The lowest BCUT2D eigenvalue weighted by Crippen LogP contribution is -2.19. The van der Waals surface area contributed by atoms with Gasteiger partial charge in [-0.25, -0.2) is 0 Å². The summed E-state index contributed by atoms with van der Waals surface area (Å²) < 4.78 is 0. The third-order valence-corrected chi connectivity index (χ3v) is 4.11. The summed E-state index contributed by atoms with van der Waals surface area (Å²) in [6.45, 7) is 2.21. The number of benzene rings is 1. The van der Waals surface area contributed by atoms with Crippen molar-refractivity contribution in [2.75, 3.05) is 22.2 Å². The normalized spacial score (nSPS) is 10.0. The van der Waals surface area contributed by atoms with Gasteiger partial charge in [0, 0.05) is 5.69 Å². The van der Waals surface area contributed by atoms with Crippen LogP contribution in [0.2, 0.25) is 0 Å².